The molecule has 0 N–H and O–H groups in total. The number of hydrogen-bond acceptors (Lipinski definition) is 7. The molecule has 0 radical (unpaired) electrons. The van der Waals surface area contributed by atoms with Crippen molar-refractivity contribution in [1.82, 2.24) is 4.57 Å². The van der Waals surface area contributed by atoms with Crippen LogP contribution < -0.4 is 24.4 Å². The third-order valence-corrected chi connectivity index (χ3v) is 7.57. The average Bonchev–Trinajstić information content (AvgIpc) is 3.27. The number of carbonyl (C=O) groups excluding carboxylic acids is 1. The van der Waals surface area contributed by atoms with Gasteiger partial charge in [0, 0.05) is 0 Å². The second-order valence-electron chi connectivity index (χ2n) is 10.0. The SMILES string of the molecule is CCOc1ccc([C@@H]2C(C(=O)OC(C)C)=C(C)N=c3s/c(=C/c4ccc(OCc5ccc(F)cc5)cc4)c(=O)n32)cc1. The van der Waals surface area contributed by atoms with Gasteiger partial charge >= 0.3 is 5.97 Å². The Morgan fingerprint density at radius 1 is 1.00 bits per heavy atom. The molecule has 0 saturated heterocycles. The predicted octanol–water partition coefficient (Wildman–Crippen LogP) is 5.30. The van der Waals surface area contributed by atoms with Crippen molar-refractivity contribution < 1.29 is 23.4 Å². The van der Waals surface area contributed by atoms with Crippen molar-refractivity contribution in [3.05, 3.63) is 126 Å². The summed E-state index contributed by atoms with van der Waals surface area (Å²) in [5.74, 6) is 0.555. The monoisotopic (exact) mass is 586 g/mol. The Bertz CT molecular complexity index is 1790. The zero-order valence-corrected chi connectivity index (χ0v) is 24.6. The molecule has 216 valence electrons. The van der Waals surface area contributed by atoms with E-state index in [9.17, 15) is 14.0 Å². The summed E-state index contributed by atoms with van der Waals surface area (Å²) in [6.07, 6.45) is 1.47. The Morgan fingerprint density at radius 2 is 1.64 bits per heavy atom. The molecule has 4 aromatic rings. The number of aromatic nitrogens is 1. The van der Waals surface area contributed by atoms with Crippen molar-refractivity contribution in [2.75, 3.05) is 6.61 Å². The zero-order chi connectivity index (χ0) is 29.8. The Morgan fingerprint density at radius 3 is 2.29 bits per heavy atom. The number of carbonyl (C=O) groups is 1. The van der Waals surface area contributed by atoms with Crippen molar-refractivity contribution in [2.45, 2.75) is 46.4 Å². The van der Waals surface area contributed by atoms with E-state index in [0.717, 1.165) is 16.7 Å². The largest absolute Gasteiger partial charge is 0.494 e. The zero-order valence-electron chi connectivity index (χ0n) is 23.8. The van der Waals surface area contributed by atoms with Crippen LogP contribution >= 0.6 is 11.3 Å². The Balaban J connectivity index is 1.49. The van der Waals surface area contributed by atoms with Gasteiger partial charge in [-0.25, -0.2) is 14.2 Å². The molecular weight excluding hydrogens is 555 g/mol. The van der Waals surface area contributed by atoms with E-state index in [0.29, 0.717) is 45.3 Å². The molecule has 0 saturated carbocycles. The minimum absolute atomic E-state index is 0.253. The summed E-state index contributed by atoms with van der Waals surface area (Å²) < 4.78 is 32.2. The molecule has 1 aliphatic heterocycles. The lowest BCUT2D eigenvalue weighted by atomic mass is 9.96. The molecule has 0 amide bonds. The highest BCUT2D eigenvalue weighted by atomic mass is 32.1. The van der Waals surface area contributed by atoms with Gasteiger partial charge in [-0.15, -0.1) is 0 Å². The van der Waals surface area contributed by atoms with Crippen molar-refractivity contribution in [3.63, 3.8) is 0 Å². The second kappa shape index (κ2) is 12.6. The number of esters is 1. The second-order valence-corrected chi connectivity index (χ2v) is 11.0. The lowest BCUT2D eigenvalue weighted by Gasteiger charge is -2.25. The summed E-state index contributed by atoms with van der Waals surface area (Å²) in [6.45, 7) is 8.08. The van der Waals surface area contributed by atoms with Crippen LogP contribution in [0.5, 0.6) is 11.5 Å². The Hall–Kier alpha value is -4.50. The van der Waals surface area contributed by atoms with Crippen molar-refractivity contribution in [2.24, 2.45) is 4.99 Å². The molecule has 42 heavy (non-hydrogen) atoms. The average molecular weight is 587 g/mol. The summed E-state index contributed by atoms with van der Waals surface area (Å²) in [6, 6.07) is 20.2. The summed E-state index contributed by atoms with van der Waals surface area (Å²) in [5.41, 5.74) is 3.00. The molecule has 1 atom stereocenters. The van der Waals surface area contributed by atoms with Gasteiger partial charge in [-0.3, -0.25) is 9.36 Å². The molecule has 7 nitrogen and oxygen atoms in total. The van der Waals surface area contributed by atoms with Gasteiger partial charge in [0.15, 0.2) is 4.80 Å². The highest BCUT2D eigenvalue weighted by Crippen LogP contribution is 2.32. The Kier molecular flexibility index (Phi) is 8.68. The van der Waals surface area contributed by atoms with E-state index in [1.165, 1.54) is 23.5 Å². The number of rotatable bonds is 9. The number of halogens is 1. The first kappa shape index (κ1) is 29.0. The number of nitrogens with zero attached hydrogens (tertiary/aromatic N) is 2. The third kappa shape index (κ3) is 6.36. The Labute approximate surface area is 246 Å². The van der Waals surface area contributed by atoms with Crippen LogP contribution in [0.25, 0.3) is 6.08 Å². The smallest absolute Gasteiger partial charge is 0.338 e. The molecule has 3 aromatic carbocycles. The first-order valence-electron chi connectivity index (χ1n) is 13.7. The predicted molar refractivity (Wildman–Crippen MR) is 160 cm³/mol. The summed E-state index contributed by atoms with van der Waals surface area (Å²) >= 11 is 1.27. The topological polar surface area (TPSA) is 79.1 Å². The molecule has 0 aliphatic carbocycles. The molecule has 0 spiro atoms. The van der Waals surface area contributed by atoms with E-state index in [4.69, 9.17) is 14.2 Å². The molecule has 0 fully saturated rings. The first-order valence-corrected chi connectivity index (χ1v) is 14.5. The van der Waals surface area contributed by atoms with Gasteiger partial charge in [0.1, 0.15) is 23.9 Å². The molecule has 2 heterocycles. The van der Waals surface area contributed by atoms with Crippen molar-refractivity contribution in [3.8, 4) is 11.5 Å². The van der Waals surface area contributed by atoms with Crippen LogP contribution in [-0.4, -0.2) is 23.2 Å². The van der Waals surface area contributed by atoms with Crippen LogP contribution in [0.2, 0.25) is 0 Å². The van der Waals surface area contributed by atoms with Gasteiger partial charge in [0.2, 0.25) is 0 Å². The molecule has 0 unspecified atom stereocenters. The van der Waals surface area contributed by atoms with Crippen LogP contribution in [0.3, 0.4) is 0 Å². The maximum absolute atomic E-state index is 13.8. The number of fused-ring (bicyclic) bond motifs is 1. The first-order chi connectivity index (χ1) is 20.2. The van der Waals surface area contributed by atoms with Gasteiger partial charge in [0.25, 0.3) is 5.56 Å². The van der Waals surface area contributed by atoms with Gasteiger partial charge in [-0.2, -0.15) is 0 Å². The summed E-state index contributed by atoms with van der Waals surface area (Å²) in [5, 5.41) is 0. The van der Waals surface area contributed by atoms with Crippen molar-refractivity contribution >= 4 is 23.4 Å². The van der Waals surface area contributed by atoms with Crippen molar-refractivity contribution in [1.29, 1.82) is 0 Å². The fraction of sp³-hybridized carbons (Fsp3) is 0.242. The minimum Gasteiger partial charge on any atom is -0.494 e. The van der Waals surface area contributed by atoms with Crippen LogP contribution in [-0.2, 0) is 16.1 Å². The highest BCUT2D eigenvalue weighted by Gasteiger charge is 2.33. The molecule has 9 heteroatoms. The van der Waals surface area contributed by atoms with E-state index in [2.05, 4.69) is 4.99 Å². The number of benzene rings is 3. The molecule has 5 rings (SSSR count). The van der Waals surface area contributed by atoms with Gasteiger partial charge in [-0.05, 0) is 86.9 Å². The number of allylic oxidation sites excluding steroid dienone is 1. The van der Waals surface area contributed by atoms with E-state index in [1.54, 1.807) is 43.5 Å². The quantitative estimate of drug-likeness (QED) is 0.249. The standard InChI is InChI=1S/C33H31FN2O5S/c1-5-39-26-16-10-24(11-17-26)30-29(32(38)41-20(2)3)21(4)35-33-36(30)31(37)28(42-33)18-22-8-14-27(15-9-22)40-19-23-6-12-25(34)13-7-23/h6-18,20,30H,5,19H2,1-4H3/b28-18+/t30-/m1/s1. The minimum atomic E-state index is -0.701. The number of ether oxygens (including phenoxy) is 3. The van der Waals surface area contributed by atoms with E-state index < -0.39 is 12.0 Å². The normalized spacial score (nSPS) is 14.9. The molecular formula is C33H31FN2O5S. The fourth-order valence-corrected chi connectivity index (χ4v) is 5.69. The van der Waals surface area contributed by atoms with E-state index in [1.807, 2.05) is 55.5 Å². The summed E-state index contributed by atoms with van der Waals surface area (Å²) in [4.78, 5) is 32.3. The van der Waals surface area contributed by atoms with E-state index in [-0.39, 0.29) is 17.5 Å². The van der Waals surface area contributed by atoms with Crippen LogP contribution in [0.4, 0.5) is 4.39 Å². The lowest BCUT2D eigenvalue weighted by molar-refractivity contribution is -0.143. The van der Waals surface area contributed by atoms with Gasteiger partial charge < -0.3 is 14.2 Å². The van der Waals surface area contributed by atoms with Crippen LogP contribution in [0, 0.1) is 5.82 Å². The number of hydrogen-bond donors (Lipinski definition) is 0. The third-order valence-electron chi connectivity index (χ3n) is 6.59. The fourth-order valence-electron chi connectivity index (χ4n) is 4.65. The molecule has 1 aliphatic rings. The maximum atomic E-state index is 13.8. The van der Waals surface area contributed by atoms with E-state index >= 15 is 0 Å². The highest BCUT2D eigenvalue weighted by molar-refractivity contribution is 7.07. The van der Waals surface area contributed by atoms with Gasteiger partial charge in [-0.1, -0.05) is 47.7 Å². The van der Waals surface area contributed by atoms with Crippen LogP contribution in [0.15, 0.2) is 93.9 Å². The molecule has 1 aromatic heterocycles. The molecule has 0 bridgehead atoms. The lowest BCUT2D eigenvalue weighted by Crippen LogP contribution is -2.40. The van der Waals surface area contributed by atoms with Gasteiger partial charge in [0.05, 0.1) is 34.6 Å². The number of thiazole rings is 1. The summed E-state index contributed by atoms with van der Waals surface area (Å²) in [7, 11) is 0. The van der Waals surface area contributed by atoms with Crippen LogP contribution in [0.1, 0.15) is 50.4 Å². The maximum Gasteiger partial charge on any atom is 0.338 e.